The third-order valence-electron chi connectivity index (χ3n) is 12.9. The average molecular weight is 932 g/mol. The normalized spacial score (nSPS) is 17.9. The van der Waals surface area contributed by atoms with Gasteiger partial charge < -0.3 is 28.8 Å². The Balaban J connectivity index is 1.52. The van der Waals surface area contributed by atoms with Crippen LogP contribution in [0.3, 0.4) is 0 Å². The van der Waals surface area contributed by atoms with Gasteiger partial charge in [0.2, 0.25) is 35.4 Å². The number of ether oxygens (including phenoxy) is 3. The zero-order valence-corrected chi connectivity index (χ0v) is 42.3. The van der Waals surface area contributed by atoms with E-state index in [4.69, 9.17) is 18.6 Å². The Bertz CT molecular complexity index is 2060. The molecule has 4 rings (SSSR count). The van der Waals surface area contributed by atoms with Crippen molar-refractivity contribution in [2.75, 3.05) is 34.9 Å². The molecule has 1 aliphatic rings. The molecule has 1 fully saturated rings. The van der Waals surface area contributed by atoms with Gasteiger partial charge in [0, 0.05) is 45.8 Å². The van der Waals surface area contributed by atoms with Gasteiger partial charge in [-0.3, -0.25) is 34.3 Å². The Kier molecular flexibility index (Phi) is 20.1. The monoisotopic (exact) mass is 932 g/mol. The molecule has 9 atom stereocenters. The summed E-state index contributed by atoms with van der Waals surface area (Å²) in [6.07, 6.45) is 0.536. The first-order valence-corrected chi connectivity index (χ1v) is 23.7. The van der Waals surface area contributed by atoms with Gasteiger partial charge in [0.05, 0.1) is 36.6 Å². The van der Waals surface area contributed by atoms with E-state index in [0.29, 0.717) is 25.3 Å². The second kappa shape index (κ2) is 24.7. The minimum absolute atomic E-state index is 0.00485. The highest BCUT2D eigenvalue weighted by Gasteiger charge is 2.44. The lowest BCUT2D eigenvalue weighted by Gasteiger charge is -2.43. The molecule has 16 nitrogen and oxygen atoms in total. The van der Waals surface area contributed by atoms with Crippen LogP contribution in [-0.2, 0) is 39.8 Å². The number of imide groups is 1. The van der Waals surface area contributed by atoms with Crippen molar-refractivity contribution in [3.63, 3.8) is 0 Å². The van der Waals surface area contributed by atoms with Gasteiger partial charge in [-0.2, -0.15) is 0 Å². The number of carbonyl (C=O) groups excluding carboxylic acids is 5. The van der Waals surface area contributed by atoms with Gasteiger partial charge >= 0.3 is 6.09 Å². The molecule has 67 heavy (non-hydrogen) atoms. The van der Waals surface area contributed by atoms with Crippen LogP contribution in [0.1, 0.15) is 112 Å². The summed E-state index contributed by atoms with van der Waals surface area (Å²) in [5.74, 6) is -2.25. The van der Waals surface area contributed by atoms with Gasteiger partial charge in [-0.1, -0.05) is 103 Å². The minimum atomic E-state index is -0.973. The molecule has 2 N–H and O–H groups in total. The summed E-state index contributed by atoms with van der Waals surface area (Å²) >= 11 is 0. The summed E-state index contributed by atoms with van der Waals surface area (Å²) in [6.45, 7) is 19.1. The van der Waals surface area contributed by atoms with Crippen LogP contribution in [0.4, 0.5) is 4.79 Å². The van der Waals surface area contributed by atoms with Crippen molar-refractivity contribution >= 4 is 29.7 Å². The van der Waals surface area contributed by atoms with E-state index in [1.165, 1.54) is 11.9 Å². The molecule has 0 aliphatic carbocycles. The maximum Gasteiger partial charge on any atom is 0.410 e. The van der Waals surface area contributed by atoms with Crippen LogP contribution in [0.2, 0.25) is 0 Å². The number of hydrogen-bond donors (Lipinski definition) is 2. The number of likely N-dealkylation sites (N-methyl/N-ethyl adjacent to an activating group) is 2. The van der Waals surface area contributed by atoms with Crippen LogP contribution in [0.5, 0.6) is 0 Å². The van der Waals surface area contributed by atoms with Gasteiger partial charge in [-0.05, 0) is 76.1 Å². The summed E-state index contributed by atoms with van der Waals surface area (Å²) in [4.78, 5) is 74.8. The second-order valence-electron chi connectivity index (χ2n) is 19.7. The van der Waals surface area contributed by atoms with E-state index in [-0.39, 0.29) is 41.9 Å². The van der Waals surface area contributed by atoms with Gasteiger partial charge in [-0.25, -0.2) is 4.79 Å². The van der Waals surface area contributed by atoms with E-state index in [1.807, 2.05) is 98.3 Å². The first-order chi connectivity index (χ1) is 31.6. The molecule has 0 saturated carbocycles. The van der Waals surface area contributed by atoms with Crippen molar-refractivity contribution in [1.82, 2.24) is 35.5 Å². The van der Waals surface area contributed by atoms with E-state index in [9.17, 15) is 24.0 Å². The van der Waals surface area contributed by atoms with Crippen LogP contribution < -0.4 is 10.6 Å². The number of benzene rings is 2. The summed E-state index contributed by atoms with van der Waals surface area (Å²) in [5, 5.41) is 14.4. The maximum atomic E-state index is 14.6. The summed E-state index contributed by atoms with van der Waals surface area (Å²) in [5.41, 5.74) is 0.965. The lowest BCUT2D eigenvalue weighted by molar-refractivity contribution is -0.144. The van der Waals surface area contributed by atoms with E-state index in [0.717, 1.165) is 24.0 Å². The number of hydrogen-bond acceptors (Lipinski definition) is 12. The Morgan fingerprint density at radius 3 is 1.99 bits per heavy atom. The molecule has 370 valence electrons. The lowest BCUT2D eigenvalue weighted by atomic mass is 9.87. The first kappa shape index (κ1) is 54.4. The summed E-state index contributed by atoms with van der Waals surface area (Å²) in [6, 6.07) is 16.0. The fourth-order valence-electron chi connectivity index (χ4n) is 9.40. The maximum absolute atomic E-state index is 14.6. The fourth-order valence-corrected chi connectivity index (χ4v) is 9.40. The Hall–Kier alpha value is -5.19. The Morgan fingerprint density at radius 1 is 0.836 bits per heavy atom. The van der Waals surface area contributed by atoms with E-state index in [1.54, 1.807) is 55.8 Å². The first-order valence-electron chi connectivity index (χ1n) is 23.7. The molecule has 2 aromatic carbocycles. The van der Waals surface area contributed by atoms with Crippen molar-refractivity contribution in [3.8, 4) is 11.5 Å². The highest BCUT2D eigenvalue weighted by molar-refractivity contribution is 6.01. The van der Waals surface area contributed by atoms with Gasteiger partial charge in [0.1, 0.15) is 17.7 Å². The van der Waals surface area contributed by atoms with Crippen LogP contribution in [-0.4, -0.2) is 131 Å². The zero-order chi connectivity index (χ0) is 49.7. The van der Waals surface area contributed by atoms with Gasteiger partial charge in [0.25, 0.3) is 0 Å². The predicted octanol–water partition coefficient (Wildman–Crippen LogP) is 7.09. The number of rotatable bonds is 22. The minimum Gasteiger partial charge on any atom is -0.444 e. The van der Waals surface area contributed by atoms with Crippen LogP contribution in [0.15, 0.2) is 65.1 Å². The van der Waals surface area contributed by atoms with Crippen LogP contribution in [0, 0.1) is 23.7 Å². The fraction of sp³-hybridized carbons (Fsp3) is 0.627. The standard InChI is InChI=1S/C51H77N7O9/c1-15-33(6)43(56(11)41(31(2)3)46(61)53-47(62)42(32(4)5)57(12)50(63)67-51(8,9)10)39(64-13)30-40(59)58-28-22-27-38(58)44(65-14)34(7)45(60)52-37(29-35-23-18-16-19-24-35)49-55-54-48(66-49)36-25-20-17-21-26-36/h16-21,23-26,31-34,37-39,41-44H,15,22,27-30H2,1-14H3,(H,52,60)(H,53,61,62)/t33-,34+,37-,38-,39+,41-,42-,43-,44+/m0/s1. The molecule has 3 aromatic rings. The second-order valence-corrected chi connectivity index (χ2v) is 19.7. The number of aromatic nitrogens is 2. The quantitative estimate of drug-likeness (QED) is 0.104. The highest BCUT2D eigenvalue weighted by Crippen LogP contribution is 2.31. The lowest BCUT2D eigenvalue weighted by Crippen LogP contribution is -2.60. The molecule has 1 saturated heterocycles. The average Bonchev–Trinajstić information content (AvgIpc) is 3.97. The molecule has 1 aromatic heterocycles. The third-order valence-corrected chi connectivity index (χ3v) is 12.9. The van der Waals surface area contributed by atoms with Crippen molar-refractivity contribution in [1.29, 1.82) is 0 Å². The van der Waals surface area contributed by atoms with E-state index >= 15 is 0 Å². The number of nitrogens with zero attached hydrogens (tertiary/aromatic N) is 5. The molecule has 0 radical (unpaired) electrons. The third kappa shape index (κ3) is 14.4. The van der Waals surface area contributed by atoms with Gasteiger partial charge in [0.15, 0.2) is 0 Å². The number of methoxy groups -OCH3 is 2. The smallest absolute Gasteiger partial charge is 0.410 e. The molecule has 0 bridgehead atoms. The molecule has 5 amide bonds. The molecule has 16 heteroatoms. The molecule has 1 aliphatic heterocycles. The number of likely N-dealkylation sites (tertiary alicyclic amines) is 1. The van der Waals surface area contributed by atoms with Crippen molar-refractivity contribution in [3.05, 3.63) is 72.1 Å². The number of carbonyl (C=O) groups is 5. The zero-order valence-electron chi connectivity index (χ0n) is 42.3. The molecule has 2 heterocycles. The molecular weight excluding hydrogens is 855 g/mol. The number of nitrogens with one attached hydrogen (secondary N) is 2. The van der Waals surface area contributed by atoms with Crippen LogP contribution >= 0.6 is 0 Å². The SMILES string of the molecule is CC[C@H](C)[C@@H]([C@@H](CC(=O)N1CCC[C@H]1[C@H](OC)[C@@H](C)C(=O)N[C@@H](Cc1ccccc1)c1nnc(-c2ccccc2)o1)OC)N(C)[C@H](C(=O)NC(=O)[C@H](C(C)C)N(C)C(=O)OC(C)(C)C)C(C)C. The topological polar surface area (TPSA) is 186 Å². The highest BCUT2D eigenvalue weighted by atomic mass is 16.6. The Morgan fingerprint density at radius 2 is 1.43 bits per heavy atom. The molecular formula is C51H77N7O9. The van der Waals surface area contributed by atoms with Crippen molar-refractivity contribution < 1.29 is 42.6 Å². The largest absolute Gasteiger partial charge is 0.444 e. The summed E-state index contributed by atoms with van der Waals surface area (Å²) in [7, 11) is 6.45. The van der Waals surface area contributed by atoms with Crippen molar-refractivity contribution in [2.45, 2.75) is 149 Å². The van der Waals surface area contributed by atoms with Gasteiger partial charge in [-0.15, -0.1) is 10.2 Å². The van der Waals surface area contributed by atoms with Crippen molar-refractivity contribution in [2.24, 2.45) is 23.7 Å². The summed E-state index contributed by atoms with van der Waals surface area (Å²) < 4.78 is 23.9. The van der Waals surface area contributed by atoms with E-state index in [2.05, 4.69) is 27.8 Å². The number of amides is 5. The molecule has 0 spiro atoms. The molecule has 0 unspecified atom stereocenters. The van der Waals surface area contributed by atoms with E-state index < -0.39 is 71.8 Å². The predicted molar refractivity (Wildman–Crippen MR) is 256 cm³/mol. The van der Waals surface area contributed by atoms with Crippen LogP contribution in [0.25, 0.3) is 11.5 Å². The Labute approximate surface area is 398 Å².